The molecule has 4 aromatic rings. The van der Waals surface area contributed by atoms with Crippen LogP contribution in [0.3, 0.4) is 0 Å². The van der Waals surface area contributed by atoms with Crippen LogP contribution in [-0.2, 0) is 11.2 Å². The number of aromatic amines is 1. The summed E-state index contributed by atoms with van der Waals surface area (Å²) >= 11 is 0. The summed E-state index contributed by atoms with van der Waals surface area (Å²) < 4.78 is 5.33. The number of hydrogen-bond acceptors (Lipinski definition) is 3. The molecule has 0 atom stereocenters. The molecule has 154 valence electrons. The molecule has 5 heteroatoms. The SMILES string of the molecule is Cc1ccc2c(c1)[nH]c1nccc(-c3cccc(CCOC(=O)NC(C)(C)C)c3)c12. The summed E-state index contributed by atoms with van der Waals surface area (Å²) in [6.07, 6.45) is 2.11. The van der Waals surface area contributed by atoms with Gasteiger partial charge in [0.1, 0.15) is 5.65 Å². The van der Waals surface area contributed by atoms with E-state index >= 15 is 0 Å². The summed E-state index contributed by atoms with van der Waals surface area (Å²) in [4.78, 5) is 19.8. The maximum Gasteiger partial charge on any atom is 0.407 e. The number of carbonyl (C=O) groups excluding carboxylic acids is 1. The second-order valence-corrected chi connectivity index (χ2v) is 8.72. The minimum atomic E-state index is -0.386. The van der Waals surface area contributed by atoms with E-state index in [1.54, 1.807) is 0 Å². The predicted octanol–water partition coefficient (Wildman–Crippen LogP) is 5.76. The molecule has 0 radical (unpaired) electrons. The predicted molar refractivity (Wildman–Crippen MR) is 122 cm³/mol. The largest absolute Gasteiger partial charge is 0.449 e. The molecule has 1 amide bonds. The third-order valence-corrected chi connectivity index (χ3v) is 4.99. The molecule has 30 heavy (non-hydrogen) atoms. The lowest BCUT2D eigenvalue weighted by Gasteiger charge is -2.19. The van der Waals surface area contributed by atoms with Gasteiger partial charge < -0.3 is 15.0 Å². The van der Waals surface area contributed by atoms with Crippen LogP contribution >= 0.6 is 0 Å². The Bertz CT molecular complexity index is 1220. The lowest BCUT2D eigenvalue weighted by Crippen LogP contribution is -2.41. The number of hydrogen-bond donors (Lipinski definition) is 2. The quantitative estimate of drug-likeness (QED) is 0.457. The summed E-state index contributed by atoms with van der Waals surface area (Å²) in [5, 5.41) is 5.11. The topological polar surface area (TPSA) is 67.0 Å². The van der Waals surface area contributed by atoms with E-state index < -0.39 is 0 Å². The monoisotopic (exact) mass is 401 g/mol. The van der Waals surface area contributed by atoms with Crippen LogP contribution in [0.1, 0.15) is 31.9 Å². The number of aromatic nitrogens is 2. The van der Waals surface area contributed by atoms with Gasteiger partial charge in [0, 0.05) is 34.4 Å². The standard InChI is InChI=1S/C25H27N3O2/c1-16-8-9-20-21(14-16)27-23-22(20)19(10-12-26-23)18-7-5-6-17(15-18)11-13-30-24(29)28-25(2,3)4/h5-10,12,14-15H,11,13H2,1-4H3,(H,26,27)(H,28,29). The number of nitrogens with one attached hydrogen (secondary N) is 2. The number of H-pyrrole nitrogens is 1. The van der Waals surface area contributed by atoms with Crippen molar-refractivity contribution in [3.8, 4) is 11.1 Å². The van der Waals surface area contributed by atoms with Crippen molar-refractivity contribution < 1.29 is 9.53 Å². The fourth-order valence-corrected chi connectivity index (χ4v) is 3.68. The average Bonchev–Trinajstić information content (AvgIpc) is 3.04. The lowest BCUT2D eigenvalue weighted by atomic mass is 9.98. The number of aryl methyl sites for hydroxylation is 1. The van der Waals surface area contributed by atoms with Crippen LogP contribution in [0.15, 0.2) is 54.7 Å². The van der Waals surface area contributed by atoms with Crippen LogP contribution in [0, 0.1) is 6.92 Å². The molecule has 0 aliphatic carbocycles. The number of carbonyl (C=O) groups is 1. The highest BCUT2D eigenvalue weighted by atomic mass is 16.5. The van der Waals surface area contributed by atoms with E-state index in [4.69, 9.17) is 4.74 Å². The van der Waals surface area contributed by atoms with E-state index in [2.05, 4.69) is 64.7 Å². The number of rotatable bonds is 4. The first-order valence-corrected chi connectivity index (χ1v) is 10.2. The van der Waals surface area contributed by atoms with Crippen molar-refractivity contribution in [2.24, 2.45) is 0 Å². The van der Waals surface area contributed by atoms with Crippen LogP contribution in [0.25, 0.3) is 33.1 Å². The van der Waals surface area contributed by atoms with Crippen LogP contribution in [0.2, 0.25) is 0 Å². The van der Waals surface area contributed by atoms with Crippen LogP contribution in [0.4, 0.5) is 4.79 Å². The summed E-state index contributed by atoms with van der Waals surface area (Å²) in [7, 11) is 0. The molecule has 0 spiro atoms. The van der Waals surface area contributed by atoms with E-state index in [1.165, 1.54) is 10.9 Å². The highest BCUT2D eigenvalue weighted by Crippen LogP contribution is 2.34. The molecule has 2 N–H and O–H groups in total. The molecule has 0 bridgehead atoms. The minimum absolute atomic E-state index is 0.304. The van der Waals surface area contributed by atoms with Gasteiger partial charge in [0.25, 0.3) is 0 Å². The maximum absolute atomic E-state index is 11.9. The fraction of sp³-hybridized carbons (Fsp3) is 0.280. The Hall–Kier alpha value is -3.34. The van der Waals surface area contributed by atoms with Gasteiger partial charge in [-0.15, -0.1) is 0 Å². The van der Waals surface area contributed by atoms with E-state index in [-0.39, 0.29) is 11.6 Å². The van der Waals surface area contributed by atoms with E-state index in [0.717, 1.165) is 33.2 Å². The Morgan fingerprint density at radius 1 is 1.13 bits per heavy atom. The highest BCUT2D eigenvalue weighted by molar-refractivity contribution is 6.13. The molecule has 0 unspecified atom stereocenters. The molecule has 4 rings (SSSR count). The Balaban J connectivity index is 1.59. The van der Waals surface area contributed by atoms with E-state index in [0.29, 0.717) is 13.0 Å². The van der Waals surface area contributed by atoms with Crippen molar-refractivity contribution >= 4 is 28.0 Å². The van der Waals surface area contributed by atoms with Crippen molar-refractivity contribution in [2.45, 2.75) is 39.7 Å². The first-order valence-electron chi connectivity index (χ1n) is 10.2. The Labute approximate surface area is 176 Å². The van der Waals surface area contributed by atoms with E-state index in [1.807, 2.05) is 33.0 Å². The zero-order valence-corrected chi connectivity index (χ0v) is 17.9. The first-order chi connectivity index (χ1) is 14.3. The number of fused-ring (bicyclic) bond motifs is 3. The van der Waals surface area contributed by atoms with E-state index in [9.17, 15) is 4.79 Å². The van der Waals surface area contributed by atoms with Crippen molar-refractivity contribution in [3.05, 3.63) is 65.9 Å². The number of pyridine rings is 1. The molecule has 0 saturated carbocycles. The zero-order chi connectivity index (χ0) is 21.3. The van der Waals surface area contributed by atoms with Crippen molar-refractivity contribution in [1.82, 2.24) is 15.3 Å². The smallest absolute Gasteiger partial charge is 0.407 e. The number of amides is 1. The lowest BCUT2D eigenvalue weighted by molar-refractivity contribution is 0.139. The molecule has 0 aliphatic rings. The molecule has 5 nitrogen and oxygen atoms in total. The van der Waals surface area contributed by atoms with Gasteiger partial charge in [-0.05, 0) is 62.1 Å². The molecular weight excluding hydrogens is 374 g/mol. The first kappa shape index (κ1) is 20.0. The van der Waals surface area contributed by atoms with Crippen LogP contribution < -0.4 is 5.32 Å². The van der Waals surface area contributed by atoms with Gasteiger partial charge in [-0.2, -0.15) is 0 Å². The molecular formula is C25H27N3O2. The Morgan fingerprint density at radius 2 is 1.97 bits per heavy atom. The molecule has 2 heterocycles. The molecule has 2 aromatic heterocycles. The summed E-state index contributed by atoms with van der Waals surface area (Å²) in [5.74, 6) is 0. The number of nitrogens with zero attached hydrogens (tertiary/aromatic N) is 1. The van der Waals surface area contributed by atoms with Crippen LogP contribution in [-0.4, -0.2) is 28.2 Å². The number of ether oxygens (including phenoxy) is 1. The summed E-state index contributed by atoms with van der Waals surface area (Å²) in [6, 6.07) is 16.9. The molecule has 2 aromatic carbocycles. The second-order valence-electron chi connectivity index (χ2n) is 8.72. The van der Waals surface area contributed by atoms with Crippen molar-refractivity contribution in [3.63, 3.8) is 0 Å². The van der Waals surface area contributed by atoms with Crippen molar-refractivity contribution in [2.75, 3.05) is 6.61 Å². The Morgan fingerprint density at radius 3 is 2.77 bits per heavy atom. The van der Waals surface area contributed by atoms with Crippen molar-refractivity contribution in [1.29, 1.82) is 0 Å². The summed E-state index contributed by atoms with van der Waals surface area (Å²) in [6.45, 7) is 8.22. The van der Waals surface area contributed by atoms with Gasteiger partial charge in [0.2, 0.25) is 0 Å². The normalized spacial score (nSPS) is 11.7. The van der Waals surface area contributed by atoms with Gasteiger partial charge >= 0.3 is 6.09 Å². The van der Waals surface area contributed by atoms with Gasteiger partial charge in [-0.1, -0.05) is 36.4 Å². The zero-order valence-electron chi connectivity index (χ0n) is 17.9. The fourth-order valence-electron chi connectivity index (χ4n) is 3.68. The van der Waals surface area contributed by atoms with Gasteiger partial charge in [0.05, 0.1) is 6.61 Å². The molecule has 0 fully saturated rings. The van der Waals surface area contributed by atoms with Gasteiger partial charge in [-0.25, -0.2) is 9.78 Å². The average molecular weight is 402 g/mol. The number of alkyl carbamates (subject to hydrolysis) is 1. The number of benzene rings is 2. The maximum atomic E-state index is 11.9. The van der Waals surface area contributed by atoms with Gasteiger partial charge in [-0.3, -0.25) is 0 Å². The minimum Gasteiger partial charge on any atom is -0.449 e. The third-order valence-electron chi connectivity index (χ3n) is 4.99. The van der Waals surface area contributed by atoms with Gasteiger partial charge in [0.15, 0.2) is 0 Å². The molecule has 0 saturated heterocycles. The van der Waals surface area contributed by atoms with Crippen LogP contribution in [0.5, 0.6) is 0 Å². The summed E-state index contributed by atoms with van der Waals surface area (Å²) in [5.41, 5.74) is 6.29. The second kappa shape index (κ2) is 7.82. The highest BCUT2D eigenvalue weighted by Gasteiger charge is 2.15. The molecule has 0 aliphatic heterocycles. The third kappa shape index (κ3) is 4.30. The Kier molecular flexibility index (Phi) is 5.20.